The summed E-state index contributed by atoms with van der Waals surface area (Å²) in [4.78, 5) is 25.8. The van der Waals surface area contributed by atoms with Crippen LogP contribution >= 0.6 is 27.3 Å². The molecule has 1 aromatic rings. The van der Waals surface area contributed by atoms with Gasteiger partial charge in [-0.1, -0.05) is 0 Å². The van der Waals surface area contributed by atoms with E-state index in [2.05, 4.69) is 15.9 Å². The first-order valence-electron chi connectivity index (χ1n) is 5.89. The van der Waals surface area contributed by atoms with Crippen LogP contribution in [0.5, 0.6) is 0 Å². The zero-order chi connectivity index (χ0) is 14.4. The highest BCUT2D eigenvalue weighted by Crippen LogP contribution is 2.22. The minimum absolute atomic E-state index is 0.0834. The van der Waals surface area contributed by atoms with Crippen LogP contribution in [0.4, 0.5) is 0 Å². The normalized spacial score (nSPS) is 12.2. The molecule has 0 aliphatic rings. The van der Waals surface area contributed by atoms with E-state index in [4.69, 9.17) is 0 Å². The lowest BCUT2D eigenvalue weighted by molar-refractivity contribution is -0.128. The van der Waals surface area contributed by atoms with Crippen molar-refractivity contribution in [2.75, 3.05) is 24.6 Å². The van der Waals surface area contributed by atoms with Crippen LogP contribution in [0.15, 0.2) is 15.9 Å². The number of amides is 1. The molecule has 0 spiro atoms. The molecule has 0 radical (unpaired) electrons. The first-order valence-corrected chi connectivity index (χ1v) is 8.99. The number of thiophene rings is 1. The van der Waals surface area contributed by atoms with Gasteiger partial charge in [0.2, 0.25) is 5.91 Å². The van der Waals surface area contributed by atoms with E-state index >= 15 is 0 Å². The summed E-state index contributed by atoms with van der Waals surface area (Å²) in [6.07, 6.45) is 0. The molecule has 0 saturated heterocycles. The molecule has 0 bridgehead atoms. The van der Waals surface area contributed by atoms with E-state index < -0.39 is 10.8 Å². The summed E-state index contributed by atoms with van der Waals surface area (Å²) in [5.41, 5.74) is 0. The number of carbonyl (C=O) groups is 2. The van der Waals surface area contributed by atoms with Crippen LogP contribution in [0.1, 0.15) is 23.5 Å². The van der Waals surface area contributed by atoms with E-state index in [1.54, 1.807) is 17.0 Å². The molecule has 0 aliphatic carbocycles. The molecule has 1 unspecified atom stereocenters. The average molecular weight is 366 g/mol. The SMILES string of the molecule is CCN(CC)C(=O)CS(=O)CC(=O)c1ccc(Br)s1. The van der Waals surface area contributed by atoms with Crippen molar-refractivity contribution in [2.24, 2.45) is 0 Å². The van der Waals surface area contributed by atoms with Crippen molar-refractivity contribution < 1.29 is 13.8 Å². The highest BCUT2D eigenvalue weighted by molar-refractivity contribution is 9.11. The lowest BCUT2D eigenvalue weighted by atomic mass is 10.4. The van der Waals surface area contributed by atoms with Crippen molar-refractivity contribution in [1.82, 2.24) is 4.90 Å². The van der Waals surface area contributed by atoms with Crippen LogP contribution in [-0.2, 0) is 15.6 Å². The zero-order valence-electron chi connectivity index (χ0n) is 10.8. The summed E-state index contributed by atoms with van der Waals surface area (Å²) in [6.45, 7) is 4.94. The maximum absolute atomic E-state index is 11.8. The summed E-state index contributed by atoms with van der Waals surface area (Å²) in [7, 11) is -1.44. The number of Topliss-reactive ketones (excluding diaryl/α,β-unsaturated/α-hetero) is 1. The van der Waals surface area contributed by atoms with E-state index in [0.717, 1.165) is 3.79 Å². The molecule has 1 atom stereocenters. The molecule has 1 rings (SSSR count). The van der Waals surface area contributed by atoms with E-state index in [1.165, 1.54) is 11.3 Å². The highest BCUT2D eigenvalue weighted by Gasteiger charge is 2.17. The van der Waals surface area contributed by atoms with Gasteiger partial charge in [-0.3, -0.25) is 13.8 Å². The number of hydrogen-bond acceptors (Lipinski definition) is 4. The predicted octanol–water partition coefficient (Wildman–Crippen LogP) is 2.31. The van der Waals surface area contributed by atoms with E-state index in [9.17, 15) is 13.8 Å². The standard InChI is InChI=1S/C12H16BrNO3S2/c1-3-14(4-2)12(16)8-19(17)7-9(15)10-5-6-11(13)18-10/h5-6H,3-4,7-8H2,1-2H3. The second kappa shape index (κ2) is 7.91. The van der Waals surface area contributed by atoms with E-state index in [0.29, 0.717) is 18.0 Å². The van der Waals surface area contributed by atoms with Gasteiger partial charge in [0.25, 0.3) is 0 Å². The van der Waals surface area contributed by atoms with Crippen molar-refractivity contribution in [3.63, 3.8) is 0 Å². The van der Waals surface area contributed by atoms with Crippen molar-refractivity contribution >= 4 is 49.8 Å². The molecule has 106 valence electrons. The van der Waals surface area contributed by atoms with Gasteiger partial charge in [-0.25, -0.2) is 0 Å². The van der Waals surface area contributed by atoms with Crippen molar-refractivity contribution in [2.45, 2.75) is 13.8 Å². The number of hydrogen-bond donors (Lipinski definition) is 0. The summed E-state index contributed by atoms with van der Waals surface area (Å²) in [5.74, 6) is -0.523. The molecule has 7 heteroatoms. The fourth-order valence-corrected chi connectivity index (χ4v) is 3.96. The number of ketones is 1. The summed E-state index contributed by atoms with van der Waals surface area (Å²) >= 11 is 4.58. The van der Waals surface area contributed by atoms with Gasteiger partial charge in [0.15, 0.2) is 5.78 Å². The predicted molar refractivity (Wildman–Crippen MR) is 82.2 cm³/mol. The first-order chi connectivity index (χ1) is 8.97. The Morgan fingerprint density at radius 3 is 2.37 bits per heavy atom. The lowest BCUT2D eigenvalue weighted by Crippen LogP contribution is -2.35. The number of rotatable bonds is 7. The fraction of sp³-hybridized carbons (Fsp3) is 0.500. The molecule has 1 aromatic heterocycles. The third kappa shape index (κ3) is 5.16. The Kier molecular flexibility index (Phi) is 6.88. The summed E-state index contributed by atoms with van der Waals surface area (Å²) < 4.78 is 12.7. The van der Waals surface area contributed by atoms with Crippen LogP contribution in [0.2, 0.25) is 0 Å². The second-order valence-electron chi connectivity index (χ2n) is 3.82. The molecule has 0 saturated carbocycles. The first kappa shape index (κ1) is 16.5. The molecular formula is C12H16BrNO3S2. The van der Waals surface area contributed by atoms with Crippen LogP contribution in [-0.4, -0.2) is 45.4 Å². The minimum atomic E-state index is -1.44. The van der Waals surface area contributed by atoms with Gasteiger partial charge in [-0.2, -0.15) is 0 Å². The van der Waals surface area contributed by atoms with Crippen molar-refractivity contribution in [1.29, 1.82) is 0 Å². The molecule has 1 heterocycles. The molecule has 0 N–H and O–H groups in total. The molecule has 4 nitrogen and oxygen atoms in total. The Morgan fingerprint density at radius 1 is 1.26 bits per heavy atom. The van der Waals surface area contributed by atoms with Crippen molar-refractivity contribution in [3.8, 4) is 0 Å². The van der Waals surface area contributed by atoms with Gasteiger partial charge in [-0.05, 0) is 41.9 Å². The lowest BCUT2D eigenvalue weighted by Gasteiger charge is -2.17. The Hall–Kier alpha value is -0.530. The Bertz CT molecular complexity index is 483. The van der Waals surface area contributed by atoms with E-state index in [-0.39, 0.29) is 23.2 Å². The monoisotopic (exact) mass is 365 g/mol. The zero-order valence-corrected chi connectivity index (χ0v) is 14.1. The maximum Gasteiger partial charge on any atom is 0.235 e. The van der Waals surface area contributed by atoms with Gasteiger partial charge in [0, 0.05) is 23.9 Å². The Labute approximate surface area is 127 Å². The third-order valence-corrected chi connectivity index (χ3v) is 5.36. The molecule has 1 amide bonds. The quantitative estimate of drug-likeness (QED) is 0.696. The largest absolute Gasteiger partial charge is 0.342 e. The van der Waals surface area contributed by atoms with Gasteiger partial charge in [0.05, 0.1) is 14.4 Å². The Balaban J connectivity index is 2.51. The number of nitrogens with zero attached hydrogens (tertiary/aromatic N) is 1. The highest BCUT2D eigenvalue weighted by atomic mass is 79.9. The minimum Gasteiger partial charge on any atom is -0.342 e. The third-order valence-electron chi connectivity index (χ3n) is 2.54. The van der Waals surface area contributed by atoms with Crippen LogP contribution in [0.3, 0.4) is 0 Å². The molecule has 0 aromatic carbocycles. The van der Waals surface area contributed by atoms with Crippen LogP contribution in [0, 0.1) is 0 Å². The van der Waals surface area contributed by atoms with Crippen LogP contribution in [0.25, 0.3) is 0 Å². The smallest absolute Gasteiger partial charge is 0.235 e. The van der Waals surface area contributed by atoms with Gasteiger partial charge < -0.3 is 4.90 Å². The fourth-order valence-electron chi connectivity index (χ4n) is 1.54. The Morgan fingerprint density at radius 2 is 1.89 bits per heavy atom. The van der Waals surface area contributed by atoms with Crippen LogP contribution < -0.4 is 0 Å². The second-order valence-corrected chi connectivity index (χ2v) is 7.74. The maximum atomic E-state index is 11.8. The van der Waals surface area contributed by atoms with Gasteiger partial charge in [0.1, 0.15) is 5.75 Å². The van der Waals surface area contributed by atoms with Gasteiger partial charge >= 0.3 is 0 Å². The number of carbonyl (C=O) groups excluding carboxylic acids is 2. The topological polar surface area (TPSA) is 54.5 Å². The average Bonchev–Trinajstić information content (AvgIpc) is 2.77. The molecule has 0 fully saturated rings. The number of halogens is 1. The van der Waals surface area contributed by atoms with E-state index in [1.807, 2.05) is 13.8 Å². The molecular weight excluding hydrogens is 350 g/mol. The molecule has 0 aliphatic heterocycles. The van der Waals surface area contributed by atoms with Crippen molar-refractivity contribution in [3.05, 3.63) is 20.8 Å². The summed E-state index contributed by atoms with van der Waals surface area (Å²) in [5, 5.41) is 0. The molecule has 19 heavy (non-hydrogen) atoms. The summed E-state index contributed by atoms with van der Waals surface area (Å²) in [6, 6.07) is 3.47. The van der Waals surface area contributed by atoms with Gasteiger partial charge in [-0.15, -0.1) is 11.3 Å².